The van der Waals surface area contributed by atoms with Crippen LogP contribution in [-0.2, 0) is 6.42 Å². The molecule has 0 saturated heterocycles. The van der Waals surface area contributed by atoms with Crippen LogP contribution in [-0.4, -0.2) is 25.4 Å². The van der Waals surface area contributed by atoms with Crippen LogP contribution in [0, 0.1) is 0 Å². The Balaban J connectivity index is 0.00000368. The van der Waals surface area contributed by atoms with Crippen molar-refractivity contribution in [3.8, 4) is 16.8 Å². The number of allylic oxidation sites excluding steroid dienone is 1. The van der Waals surface area contributed by atoms with Crippen LogP contribution in [0.4, 0.5) is 5.69 Å². The number of pyridine rings is 2. The van der Waals surface area contributed by atoms with Crippen LogP contribution in [0.5, 0.6) is 0 Å². The quantitative estimate of drug-likeness (QED) is 0.215. The summed E-state index contributed by atoms with van der Waals surface area (Å²) in [5.41, 5.74) is 7.04. The Bertz CT molecular complexity index is 1990. The maximum atomic E-state index is 13.8. The van der Waals surface area contributed by atoms with Crippen LogP contribution in [0.15, 0.2) is 127 Å². The number of nitrogens with zero attached hydrogens (tertiary/aromatic N) is 4. The fraction of sp³-hybridized carbons (Fsp3) is 0.0571. The Kier molecular flexibility index (Phi) is 8.84. The molecule has 0 aliphatic heterocycles. The number of aromatic nitrogens is 4. The van der Waals surface area contributed by atoms with Crippen molar-refractivity contribution in [2.75, 3.05) is 5.32 Å². The SMILES string of the molecule is C/C=C/c1cccc(C(=O)Nc2ccc(-c3cccc(-n4c(=O)c(Cc5cccnc5)nc5cccnc54)c3)cc2)c1.Cl. The second-order valence-electron chi connectivity index (χ2n) is 9.79. The molecule has 3 aromatic heterocycles. The maximum Gasteiger partial charge on any atom is 0.278 e. The van der Waals surface area contributed by atoms with Gasteiger partial charge < -0.3 is 5.32 Å². The summed E-state index contributed by atoms with van der Waals surface area (Å²) in [6.45, 7) is 1.94. The third-order valence-electron chi connectivity index (χ3n) is 6.87. The predicted octanol–water partition coefficient (Wildman–Crippen LogP) is 7.14. The number of amides is 1. The maximum absolute atomic E-state index is 13.8. The van der Waals surface area contributed by atoms with Gasteiger partial charge in [-0.2, -0.15) is 0 Å². The van der Waals surface area contributed by atoms with Crippen molar-refractivity contribution in [3.63, 3.8) is 0 Å². The van der Waals surface area contributed by atoms with Crippen molar-refractivity contribution in [2.45, 2.75) is 13.3 Å². The summed E-state index contributed by atoms with van der Waals surface area (Å²) in [6, 6.07) is 30.3. The topological polar surface area (TPSA) is 89.8 Å². The lowest BCUT2D eigenvalue weighted by Gasteiger charge is -2.13. The van der Waals surface area contributed by atoms with E-state index in [0.29, 0.717) is 40.2 Å². The summed E-state index contributed by atoms with van der Waals surface area (Å²) in [5, 5.41) is 2.97. The van der Waals surface area contributed by atoms with Crippen molar-refractivity contribution in [1.82, 2.24) is 19.5 Å². The molecule has 212 valence electrons. The van der Waals surface area contributed by atoms with Crippen molar-refractivity contribution < 1.29 is 4.79 Å². The van der Waals surface area contributed by atoms with E-state index in [0.717, 1.165) is 22.3 Å². The Hall–Kier alpha value is -5.40. The largest absolute Gasteiger partial charge is 0.322 e. The first kappa shape index (κ1) is 29.1. The predicted molar refractivity (Wildman–Crippen MR) is 174 cm³/mol. The first-order chi connectivity index (χ1) is 20.6. The highest BCUT2D eigenvalue weighted by atomic mass is 35.5. The van der Waals surface area contributed by atoms with Gasteiger partial charge in [-0.1, -0.05) is 54.6 Å². The van der Waals surface area contributed by atoms with Gasteiger partial charge in [-0.15, -0.1) is 12.4 Å². The van der Waals surface area contributed by atoms with E-state index in [1.165, 1.54) is 0 Å². The molecule has 0 aliphatic rings. The zero-order valence-corrected chi connectivity index (χ0v) is 24.2. The van der Waals surface area contributed by atoms with Crippen LogP contribution < -0.4 is 10.9 Å². The van der Waals surface area contributed by atoms with E-state index < -0.39 is 0 Å². The molecule has 0 saturated carbocycles. The van der Waals surface area contributed by atoms with Gasteiger partial charge in [-0.25, -0.2) is 9.97 Å². The smallest absolute Gasteiger partial charge is 0.278 e. The van der Waals surface area contributed by atoms with E-state index in [-0.39, 0.29) is 23.9 Å². The molecule has 0 unspecified atom stereocenters. The number of carbonyl (C=O) groups excluding carboxylic acids is 1. The average molecular weight is 586 g/mol. The number of halogens is 1. The summed E-state index contributed by atoms with van der Waals surface area (Å²) in [7, 11) is 0. The molecule has 3 aromatic carbocycles. The summed E-state index contributed by atoms with van der Waals surface area (Å²) in [6.07, 6.45) is 9.37. The molecule has 8 heteroatoms. The number of nitrogens with one attached hydrogen (secondary N) is 1. The molecule has 3 heterocycles. The third-order valence-corrected chi connectivity index (χ3v) is 6.87. The fourth-order valence-electron chi connectivity index (χ4n) is 4.87. The Morgan fingerprint density at radius 2 is 1.70 bits per heavy atom. The zero-order valence-electron chi connectivity index (χ0n) is 23.3. The Labute approximate surface area is 255 Å². The first-order valence-electron chi connectivity index (χ1n) is 13.6. The minimum atomic E-state index is -0.223. The lowest BCUT2D eigenvalue weighted by molar-refractivity contribution is 0.102. The van der Waals surface area contributed by atoms with E-state index in [9.17, 15) is 9.59 Å². The molecule has 7 nitrogen and oxygen atoms in total. The number of hydrogen-bond donors (Lipinski definition) is 1. The van der Waals surface area contributed by atoms with Crippen LogP contribution in [0.25, 0.3) is 34.1 Å². The number of carbonyl (C=O) groups is 1. The van der Waals surface area contributed by atoms with Gasteiger partial charge in [0.05, 0.1) is 5.69 Å². The Morgan fingerprint density at radius 1 is 0.884 bits per heavy atom. The fourth-order valence-corrected chi connectivity index (χ4v) is 4.87. The molecular weight excluding hydrogens is 558 g/mol. The molecule has 6 rings (SSSR count). The van der Waals surface area contributed by atoms with Gasteiger partial charge >= 0.3 is 0 Å². The van der Waals surface area contributed by atoms with Crippen molar-refractivity contribution in [2.24, 2.45) is 0 Å². The minimum Gasteiger partial charge on any atom is -0.322 e. The standard InChI is InChI=1S/C35H27N5O2.ClH/c1-2-7-24-8-3-11-28(20-24)34(41)38-29-16-14-26(15-17-29)27-10-4-12-30(22-27)40-33-31(13-6-19-37-33)39-32(35(40)42)21-25-9-5-18-36-23-25;/h2-20,22-23H,21H2,1H3,(H,38,41);1H/b7-2+;. The van der Waals surface area contributed by atoms with Gasteiger partial charge in [0.25, 0.3) is 11.5 Å². The number of rotatable bonds is 7. The molecular formula is C35H28ClN5O2. The van der Waals surface area contributed by atoms with Crippen molar-refractivity contribution in [3.05, 3.63) is 154 Å². The lowest BCUT2D eigenvalue weighted by Crippen LogP contribution is -2.25. The highest BCUT2D eigenvalue weighted by Crippen LogP contribution is 2.25. The van der Waals surface area contributed by atoms with Crippen LogP contribution >= 0.6 is 12.4 Å². The highest BCUT2D eigenvalue weighted by Gasteiger charge is 2.15. The lowest BCUT2D eigenvalue weighted by atomic mass is 10.0. The molecule has 43 heavy (non-hydrogen) atoms. The van der Waals surface area contributed by atoms with E-state index in [1.54, 1.807) is 29.2 Å². The molecule has 0 aliphatic carbocycles. The number of hydrogen-bond acceptors (Lipinski definition) is 5. The van der Waals surface area contributed by atoms with Gasteiger partial charge in [0.15, 0.2) is 5.65 Å². The summed E-state index contributed by atoms with van der Waals surface area (Å²) >= 11 is 0. The average Bonchev–Trinajstić information content (AvgIpc) is 3.03. The summed E-state index contributed by atoms with van der Waals surface area (Å²) in [4.78, 5) is 39.9. The number of anilines is 1. The second-order valence-corrected chi connectivity index (χ2v) is 9.79. The molecule has 0 spiro atoms. The molecule has 6 aromatic rings. The summed E-state index contributed by atoms with van der Waals surface area (Å²) in [5.74, 6) is -0.172. The normalized spacial score (nSPS) is 10.9. The highest BCUT2D eigenvalue weighted by molar-refractivity contribution is 6.04. The van der Waals surface area contributed by atoms with Crippen molar-refractivity contribution >= 4 is 41.2 Å². The number of benzene rings is 3. The summed E-state index contributed by atoms with van der Waals surface area (Å²) < 4.78 is 1.62. The Morgan fingerprint density at radius 3 is 2.49 bits per heavy atom. The van der Waals surface area contributed by atoms with Gasteiger partial charge in [0, 0.05) is 36.3 Å². The van der Waals surface area contributed by atoms with E-state index >= 15 is 0 Å². The number of fused-ring (bicyclic) bond motifs is 1. The van der Waals surface area contributed by atoms with Crippen LogP contribution in [0.3, 0.4) is 0 Å². The monoisotopic (exact) mass is 585 g/mol. The van der Waals surface area contributed by atoms with Gasteiger partial charge in [0.1, 0.15) is 11.2 Å². The van der Waals surface area contributed by atoms with Crippen LogP contribution in [0.2, 0.25) is 0 Å². The third kappa shape index (κ3) is 6.42. The van der Waals surface area contributed by atoms with E-state index in [1.807, 2.05) is 110 Å². The van der Waals surface area contributed by atoms with E-state index in [4.69, 9.17) is 0 Å². The minimum absolute atomic E-state index is 0. The molecule has 1 amide bonds. The molecule has 0 fully saturated rings. The molecule has 1 N–H and O–H groups in total. The van der Waals surface area contributed by atoms with Gasteiger partial charge in [-0.3, -0.25) is 19.1 Å². The van der Waals surface area contributed by atoms with Crippen LogP contribution in [0.1, 0.15) is 34.1 Å². The second kappa shape index (κ2) is 13.1. The molecule has 0 radical (unpaired) electrons. The molecule has 0 atom stereocenters. The van der Waals surface area contributed by atoms with Gasteiger partial charge in [0.2, 0.25) is 0 Å². The molecule has 0 bridgehead atoms. The zero-order chi connectivity index (χ0) is 28.9. The first-order valence-corrected chi connectivity index (χ1v) is 13.6. The van der Waals surface area contributed by atoms with Crippen molar-refractivity contribution in [1.29, 1.82) is 0 Å². The van der Waals surface area contributed by atoms with E-state index in [2.05, 4.69) is 20.3 Å². The van der Waals surface area contributed by atoms with Gasteiger partial charge in [-0.05, 0) is 83.8 Å².